The van der Waals surface area contributed by atoms with Gasteiger partial charge in [-0.2, -0.15) is 8.42 Å². The summed E-state index contributed by atoms with van der Waals surface area (Å²) in [6.45, 7) is 6.89. The first-order chi connectivity index (χ1) is 14.8. The zero-order valence-electron chi connectivity index (χ0n) is 21.1. The molecule has 0 aliphatic rings. The van der Waals surface area contributed by atoms with Crippen molar-refractivity contribution < 1.29 is 17.7 Å². The van der Waals surface area contributed by atoms with E-state index in [4.69, 9.17) is 4.74 Å². The Labute approximate surface area is 194 Å². The van der Waals surface area contributed by atoms with E-state index in [0.29, 0.717) is 25.3 Å². The molecule has 0 aromatic rings. The van der Waals surface area contributed by atoms with E-state index in [1.54, 1.807) is 7.11 Å². The van der Waals surface area contributed by atoms with Crippen molar-refractivity contribution in [1.29, 1.82) is 0 Å². The number of ether oxygens (including phenoxy) is 1. The van der Waals surface area contributed by atoms with Gasteiger partial charge in [0.2, 0.25) is 0 Å². The molecule has 31 heavy (non-hydrogen) atoms. The summed E-state index contributed by atoms with van der Waals surface area (Å²) >= 11 is 0. The molecule has 5 nitrogen and oxygen atoms in total. The van der Waals surface area contributed by atoms with Gasteiger partial charge in [0.25, 0.3) is 10.1 Å². The Hall–Kier alpha value is -0.170. The third-order valence-electron chi connectivity index (χ3n) is 6.32. The molecule has 188 valence electrons. The highest BCUT2D eigenvalue weighted by molar-refractivity contribution is 7.86. The monoisotopic (exact) mass is 463 g/mol. The molecule has 0 aliphatic heterocycles. The lowest BCUT2D eigenvalue weighted by Gasteiger charge is -2.21. The standard InChI is InChI=1S/C25H53NO4S/c1-5-6-7-8-9-10-11-12-13-14-15-16-19-25(31(27,28)29)20-22-26(3)21-17-18-24(2)23-30-4/h24-25H,5-23H2,1-4H3,(H,27,28,29)/t24-,25?/m0/s1. The Morgan fingerprint density at radius 2 is 1.29 bits per heavy atom. The van der Waals surface area contributed by atoms with Gasteiger partial charge in [0, 0.05) is 13.7 Å². The molecule has 0 fully saturated rings. The zero-order chi connectivity index (χ0) is 23.4. The minimum Gasteiger partial charge on any atom is -0.384 e. The number of hydrogen-bond acceptors (Lipinski definition) is 4. The van der Waals surface area contributed by atoms with Crippen LogP contribution in [0.2, 0.25) is 0 Å². The molecule has 0 saturated heterocycles. The van der Waals surface area contributed by atoms with Crippen molar-refractivity contribution in [2.24, 2.45) is 5.92 Å². The zero-order valence-corrected chi connectivity index (χ0v) is 21.9. The van der Waals surface area contributed by atoms with Crippen molar-refractivity contribution >= 4 is 10.1 Å². The fraction of sp³-hybridized carbons (Fsp3) is 1.00. The van der Waals surface area contributed by atoms with Crippen molar-refractivity contribution in [1.82, 2.24) is 4.90 Å². The van der Waals surface area contributed by atoms with Crippen LogP contribution >= 0.6 is 0 Å². The highest BCUT2D eigenvalue weighted by Crippen LogP contribution is 2.17. The van der Waals surface area contributed by atoms with Crippen LogP contribution in [-0.4, -0.2) is 57.0 Å². The molecule has 0 spiro atoms. The molecule has 0 radical (unpaired) electrons. The van der Waals surface area contributed by atoms with Crippen LogP contribution in [0.3, 0.4) is 0 Å². The highest BCUT2D eigenvalue weighted by Gasteiger charge is 2.22. The molecule has 0 heterocycles. The summed E-state index contributed by atoms with van der Waals surface area (Å²) < 4.78 is 38.3. The van der Waals surface area contributed by atoms with Crippen LogP contribution in [-0.2, 0) is 14.9 Å². The average Bonchev–Trinajstić information content (AvgIpc) is 2.70. The smallest absolute Gasteiger partial charge is 0.267 e. The first kappa shape index (κ1) is 30.8. The SMILES string of the molecule is CCCCCCCCCCCCCCC(CCN(C)CCC[C@H](C)COC)S(=O)(=O)O. The van der Waals surface area contributed by atoms with E-state index in [1.807, 2.05) is 7.05 Å². The van der Waals surface area contributed by atoms with Crippen molar-refractivity contribution in [3.8, 4) is 0 Å². The van der Waals surface area contributed by atoms with Gasteiger partial charge < -0.3 is 9.64 Å². The van der Waals surface area contributed by atoms with Crippen LogP contribution in [0.25, 0.3) is 0 Å². The molecular weight excluding hydrogens is 410 g/mol. The summed E-state index contributed by atoms with van der Waals surface area (Å²) in [6.07, 6.45) is 18.5. The van der Waals surface area contributed by atoms with Crippen LogP contribution in [0.1, 0.15) is 117 Å². The van der Waals surface area contributed by atoms with Gasteiger partial charge in [-0.05, 0) is 51.7 Å². The summed E-state index contributed by atoms with van der Waals surface area (Å²) in [5, 5.41) is -0.620. The van der Waals surface area contributed by atoms with E-state index in [9.17, 15) is 13.0 Å². The Bertz CT molecular complexity index is 484. The maximum Gasteiger partial charge on any atom is 0.267 e. The van der Waals surface area contributed by atoms with Gasteiger partial charge in [-0.1, -0.05) is 90.9 Å². The van der Waals surface area contributed by atoms with Crippen LogP contribution in [0, 0.1) is 5.92 Å². The molecule has 0 rings (SSSR count). The Morgan fingerprint density at radius 1 is 0.774 bits per heavy atom. The van der Waals surface area contributed by atoms with E-state index in [2.05, 4.69) is 18.7 Å². The molecule has 0 aliphatic carbocycles. The molecule has 0 aromatic carbocycles. The van der Waals surface area contributed by atoms with Gasteiger partial charge in [0.05, 0.1) is 5.25 Å². The molecule has 6 heteroatoms. The van der Waals surface area contributed by atoms with Gasteiger partial charge in [-0.25, -0.2) is 0 Å². The minimum atomic E-state index is -3.96. The van der Waals surface area contributed by atoms with E-state index < -0.39 is 15.4 Å². The Balaban J connectivity index is 3.83. The van der Waals surface area contributed by atoms with E-state index in [-0.39, 0.29) is 0 Å². The number of nitrogens with zero attached hydrogens (tertiary/aromatic N) is 1. The molecule has 0 bridgehead atoms. The van der Waals surface area contributed by atoms with Crippen LogP contribution in [0.15, 0.2) is 0 Å². The quantitative estimate of drug-likeness (QED) is 0.135. The average molecular weight is 464 g/mol. The minimum absolute atomic E-state index is 0.515. The molecule has 1 N–H and O–H groups in total. The van der Waals surface area contributed by atoms with Gasteiger partial charge in [0.15, 0.2) is 0 Å². The first-order valence-electron chi connectivity index (χ1n) is 12.9. The Morgan fingerprint density at radius 3 is 1.77 bits per heavy atom. The molecule has 0 aromatic heterocycles. The molecule has 2 atom stereocenters. The van der Waals surface area contributed by atoms with Crippen molar-refractivity contribution in [3.05, 3.63) is 0 Å². The van der Waals surface area contributed by atoms with Crippen molar-refractivity contribution in [2.45, 2.75) is 122 Å². The van der Waals surface area contributed by atoms with Crippen molar-refractivity contribution in [3.63, 3.8) is 0 Å². The molecule has 0 amide bonds. The van der Waals surface area contributed by atoms with Gasteiger partial charge in [0.1, 0.15) is 0 Å². The summed E-state index contributed by atoms with van der Waals surface area (Å²) in [5.41, 5.74) is 0. The predicted octanol–water partition coefficient (Wildman–Crippen LogP) is 6.72. The summed E-state index contributed by atoms with van der Waals surface area (Å²) in [6, 6.07) is 0. The largest absolute Gasteiger partial charge is 0.384 e. The lowest BCUT2D eigenvalue weighted by Crippen LogP contribution is -2.29. The number of hydrogen-bond donors (Lipinski definition) is 1. The van der Waals surface area contributed by atoms with Gasteiger partial charge >= 0.3 is 0 Å². The molecule has 0 saturated carbocycles. The van der Waals surface area contributed by atoms with Gasteiger partial charge in [-0.15, -0.1) is 0 Å². The van der Waals surface area contributed by atoms with E-state index in [0.717, 1.165) is 38.8 Å². The van der Waals surface area contributed by atoms with E-state index in [1.165, 1.54) is 64.2 Å². The maximum atomic E-state index is 11.8. The number of rotatable bonds is 23. The first-order valence-corrected chi connectivity index (χ1v) is 14.4. The summed E-state index contributed by atoms with van der Waals surface area (Å²) in [4.78, 5) is 2.18. The fourth-order valence-corrected chi connectivity index (χ4v) is 5.08. The second-order valence-corrected chi connectivity index (χ2v) is 11.3. The summed E-state index contributed by atoms with van der Waals surface area (Å²) in [7, 11) is -0.195. The highest BCUT2D eigenvalue weighted by atomic mass is 32.2. The third kappa shape index (κ3) is 20.2. The topological polar surface area (TPSA) is 66.8 Å². The maximum absolute atomic E-state index is 11.8. The van der Waals surface area contributed by atoms with Gasteiger partial charge in [-0.3, -0.25) is 4.55 Å². The normalized spacial score (nSPS) is 14.3. The third-order valence-corrected chi connectivity index (χ3v) is 7.64. The van der Waals surface area contributed by atoms with E-state index >= 15 is 0 Å². The fourth-order valence-electron chi connectivity index (χ4n) is 4.21. The predicted molar refractivity (Wildman–Crippen MR) is 133 cm³/mol. The Kier molecular flexibility index (Phi) is 20.3. The number of unbranched alkanes of at least 4 members (excludes halogenated alkanes) is 11. The van der Waals surface area contributed by atoms with Crippen LogP contribution in [0.4, 0.5) is 0 Å². The van der Waals surface area contributed by atoms with Crippen LogP contribution in [0.5, 0.6) is 0 Å². The molecular formula is C25H53NO4S. The lowest BCUT2D eigenvalue weighted by molar-refractivity contribution is 0.152. The second-order valence-electron chi connectivity index (χ2n) is 9.61. The van der Waals surface area contributed by atoms with Crippen molar-refractivity contribution in [2.75, 3.05) is 33.9 Å². The lowest BCUT2D eigenvalue weighted by atomic mass is 10.0. The molecule has 1 unspecified atom stereocenters. The number of methoxy groups -OCH3 is 1. The second kappa shape index (κ2) is 20.4. The van der Waals surface area contributed by atoms with Crippen LogP contribution < -0.4 is 0 Å². The summed E-state index contributed by atoms with van der Waals surface area (Å²) in [5.74, 6) is 0.551.